The van der Waals surface area contributed by atoms with E-state index in [2.05, 4.69) is 10.1 Å². The third-order valence-electron chi connectivity index (χ3n) is 2.07. The van der Waals surface area contributed by atoms with Crippen LogP contribution in [0.3, 0.4) is 0 Å². The number of rotatable bonds is 2. The number of nitrogens with two attached hydrogens (primary N) is 1. The van der Waals surface area contributed by atoms with Crippen LogP contribution in [-0.4, -0.2) is 21.9 Å². The van der Waals surface area contributed by atoms with E-state index in [9.17, 15) is 0 Å². The zero-order valence-corrected chi connectivity index (χ0v) is 8.19. The fourth-order valence-electron chi connectivity index (χ4n) is 1.46. The average Bonchev–Trinajstić information content (AvgIpc) is 2.43. The van der Waals surface area contributed by atoms with Crippen molar-refractivity contribution >= 4 is 16.9 Å². The van der Waals surface area contributed by atoms with Crippen LogP contribution >= 0.6 is 0 Å². The van der Waals surface area contributed by atoms with Gasteiger partial charge in [0.05, 0.1) is 12.0 Å². The van der Waals surface area contributed by atoms with Crippen LogP contribution in [0.25, 0.3) is 11.0 Å². The van der Waals surface area contributed by atoms with Crippen molar-refractivity contribution < 1.29 is 4.74 Å². The number of ether oxygens (including phenoxy) is 1. The second kappa shape index (κ2) is 3.26. The van der Waals surface area contributed by atoms with Crippen molar-refractivity contribution in [3.63, 3.8) is 0 Å². The predicted molar refractivity (Wildman–Crippen MR) is 53.6 cm³/mol. The molecule has 0 aromatic carbocycles. The number of methoxy groups -OCH3 is 1. The van der Waals surface area contributed by atoms with E-state index in [4.69, 9.17) is 10.5 Å². The molecule has 0 amide bonds. The maximum Gasteiger partial charge on any atom is 0.159 e. The Morgan fingerprint density at radius 1 is 1.57 bits per heavy atom. The van der Waals surface area contributed by atoms with Gasteiger partial charge in [-0.05, 0) is 11.6 Å². The first kappa shape index (κ1) is 8.96. The van der Waals surface area contributed by atoms with Gasteiger partial charge < -0.3 is 10.5 Å². The maximum absolute atomic E-state index is 5.73. The topological polar surface area (TPSA) is 66.0 Å². The molecule has 2 heterocycles. The Labute approximate surface area is 81.5 Å². The molecule has 2 rings (SSSR count). The molecular formula is C9H12N4O. The second-order valence-electron chi connectivity index (χ2n) is 3.16. The molecule has 5 nitrogen and oxygen atoms in total. The molecular weight excluding hydrogens is 180 g/mol. The SMILES string of the molecule is COCc1cnc2c(c1)c(N)nn2C. The van der Waals surface area contributed by atoms with Crippen LogP contribution in [0.5, 0.6) is 0 Å². The minimum atomic E-state index is 0.507. The molecule has 0 aliphatic carbocycles. The zero-order chi connectivity index (χ0) is 10.1. The number of hydrogen-bond donors (Lipinski definition) is 1. The van der Waals surface area contributed by atoms with Gasteiger partial charge in [-0.3, -0.25) is 0 Å². The number of aryl methyl sites for hydroxylation is 1. The normalized spacial score (nSPS) is 11.0. The number of nitrogen functional groups attached to an aromatic ring is 1. The molecule has 0 fully saturated rings. The highest BCUT2D eigenvalue weighted by molar-refractivity contribution is 5.86. The Kier molecular flexibility index (Phi) is 2.09. The van der Waals surface area contributed by atoms with Crippen molar-refractivity contribution in [2.45, 2.75) is 6.61 Å². The van der Waals surface area contributed by atoms with E-state index in [1.54, 1.807) is 18.0 Å². The summed E-state index contributed by atoms with van der Waals surface area (Å²) in [6.45, 7) is 0.539. The molecule has 0 unspecified atom stereocenters. The molecule has 74 valence electrons. The fraction of sp³-hybridized carbons (Fsp3) is 0.333. The third-order valence-corrected chi connectivity index (χ3v) is 2.07. The van der Waals surface area contributed by atoms with Gasteiger partial charge in [-0.2, -0.15) is 5.10 Å². The number of fused-ring (bicyclic) bond motifs is 1. The standard InChI is InChI=1S/C9H12N4O/c1-13-9-7(8(10)12-13)3-6(4-11-9)5-14-2/h3-4H,5H2,1-2H3,(H2,10,12). The van der Waals surface area contributed by atoms with Gasteiger partial charge in [-0.15, -0.1) is 0 Å². The molecule has 2 N–H and O–H groups in total. The van der Waals surface area contributed by atoms with Crippen molar-refractivity contribution in [3.8, 4) is 0 Å². The largest absolute Gasteiger partial charge is 0.382 e. The second-order valence-corrected chi connectivity index (χ2v) is 3.16. The number of hydrogen-bond acceptors (Lipinski definition) is 4. The summed E-state index contributed by atoms with van der Waals surface area (Å²) in [6, 6.07) is 1.95. The molecule has 0 bridgehead atoms. The molecule has 5 heteroatoms. The van der Waals surface area contributed by atoms with E-state index in [1.807, 2.05) is 13.1 Å². The van der Waals surface area contributed by atoms with Crippen LogP contribution in [0, 0.1) is 0 Å². The lowest BCUT2D eigenvalue weighted by Crippen LogP contribution is -1.93. The van der Waals surface area contributed by atoms with Gasteiger partial charge in [0.1, 0.15) is 0 Å². The van der Waals surface area contributed by atoms with Crippen molar-refractivity contribution in [3.05, 3.63) is 17.8 Å². The van der Waals surface area contributed by atoms with Gasteiger partial charge in [-0.1, -0.05) is 0 Å². The van der Waals surface area contributed by atoms with Gasteiger partial charge in [0.2, 0.25) is 0 Å². The minimum absolute atomic E-state index is 0.507. The molecule has 0 saturated carbocycles. The first-order valence-electron chi connectivity index (χ1n) is 4.28. The van der Waals surface area contributed by atoms with Crippen LogP contribution in [0.2, 0.25) is 0 Å². The number of nitrogens with zero attached hydrogens (tertiary/aromatic N) is 3. The average molecular weight is 192 g/mol. The quantitative estimate of drug-likeness (QED) is 0.760. The maximum atomic E-state index is 5.73. The van der Waals surface area contributed by atoms with Gasteiger partial charge >= 0.3 is 0 Å². The number of pyridine rings is 1. The molecule has 0 atom stereocenters. The lowest BCUT2D eigenvalue weighted by atomic mass is 10.2. The Bertz CT molecular complexity index is 463. The molecule has 0 aliphatic heterocycles. The summed E-state index contributed by atoms with van der Waals surface area (Å²) in [5, 5.41) is 4.96. The first-order valence-corrected chi connectivity index (χ1v) is 4.28. The van der Waals surface area contributed by atoms with Crippen LogP contribution in [0.15, 0.2) is 12.3 Å². The monoisotopic (exact) mass is 192 g/mol. The molecule has 2 aromatic heterocycles. The summed E-state index contributed by atoms with van der Waals surface area (Å²) in [4.78, 5) is 4.26. The molecule has 14 heavy (non-hydrogen) atoms. The van der Waals surface area contributed by atoms with E-state index in [1.165, 1.54) is 0 Å². The Balaban J connectivity index is 2.59. The van der Waals surface area contributed by atoms with Crippen molar-refractivity contribution in [1.82, 2.24) is 14.8 Å². The van der Waals surface area contributed by atoms with E-state index >= 15 is 0 Å². The van der Waals surface area contributed by atoms with Crippen LogP contribution in [0.1, 0.15) is 5.56 Å². The number of anilines is 1. The van der Waals surface area contributed by atoms with Crippen molar-refractivity contribution in [1.29, 1.82) is 0 Å². The van der Waals surface area contributed by atoms with E-state index in [0.717, 1.165) is 16.6 Å². The smallest absolute Gasteiger partial charge is 0.159 e. The predicted octanol–water partition coefficient (Wildman–Crippen LogP) is 0.697. The van der Waals surface area contributed by atoms with E-state index in [0.29, 0.717) is 12.4 Å². The summed E-state index contributed by atoms with van der Waals surface area (Å²) in [7, 11) is 3.47. The summed E-state index contributed by atoms with van der Waals surface area (Å²) >= 11 is 0. The minimum Gasteiger partial charge on any atom is -0.382 e. The fourth-order valence-corrected chi connectivity index (χ4v) is 1.46. The zero-order valence-electron chi connectivity index (χ0n) is 8.19. The van der Waals surface area contributed by atoms with E-state index in [-0.39, 0.29) is 0 Å². The van der Waals surface area contributed by atoms with Crippen molar-refractivity contribution in [2.24, 2.45) is 7.05 Å². The lowest BCUT2D eigenvalue weighted by Gasteiger charge is -1.98. The van der Waals surface area contributed by atoms with E-state index < -0.39 is 0 Å². The van der Waals surface area contributed by atoms with Gasteiger partial charge in [0.25, 0.3) is 0 Å². The Morgan fingerprint density at radius 3 is 3.07 bits per heavy atom. The summed E-state index contributed by atoms with van der Waals surface area (Å²) < 4.78 is 6.68. The highest BCUT2D eigenvalue weighted by Crippen LogP contribution is 2.18. The first-order chi connectivity index (χ1) is 6.72. The van der Waals surface area contributed by atoms with Crippen molar-refractivity contribution in [2.75, 3.05) is 12.8 Å². The third kappa shape index (κ3) is 1.31. The highest BCUT2D eigenvalue weighted by Gasteiger charge is 2.07. The van der Waals surface area contributed by atoms with Crippen LogP contribution in [0.4, 0.5) is 5.82 Å². The highest BCUT2D eigenvalue weighted by atomic mass is 16.5. The molecule has 2 aromatic rings. The molecule has 0 radical (unpaired) electrons. The van der Waals surface area contributed by atoms with Gasteiger partial charge in [-0.25, -0.2) is 9.67 Å². The molecule has 0 spiro atoms. The Hall–Kier alpha value is -1.62. The van der Waals surface area contributed by atoms with Gasteiger partial charge in [0.15, 0.2) is 11.5 Å². The number of aromatic nitrogens is 3. The summed E-state index contributed by atoms with van der Waals surface area (Å²) in [5.41, 5.74) is 7.52. The van der Waals surface area contributed by atoms with Crippen LogP contribution in [-0.2, 0) is 18.4 Å². The molecule has 0 aliphatic rings. The lowest BCUT2D eigenvalue weighted by molar-refractivity contribution is 0.184. The van der Waals surface area contributed by atoms with Gasteiger partial charge in [0, 0.05) is 20.4 Å². The van der Waals surface area contributed by atoms with Crippen LogP contribution < -0.4 is 5.73 Å². The summed E-state index contributed by atoms with van der Waals surface area (Å²) in [5.74, 6) is 0.507. The Morgan fingerprint density at radius 2 is 2.36 bits per heavy atom. The molecule has 0 saturated heterocycles. The summed E-state index contributed by atoms with van der Waals surface area (Å²) in [6.07, 6.45) is 1.77.